The van der Waals surface area contributed by atoms with Crippen LogP contribution in [-0.2, 0) is 4.79 Å². The Morgan fingerprint density at radius 3 is 2.41 bits per heavy atom. The number of halogens is 1. The monoisotopic (exact) mass is 385 g/mol. The van der Waals surface area contributed by atoms with Crippen LogP contribution in [0.25, 0.3) is 0 Å². The number of anilines is 1. The van der Waals surface area contributed by atoms with Crippen molar-refractivity contribution in [2.24, 2.45) is 0 Å². The highest BCUT2D eigenvalue weighted by atomic mass is 32.2. The molecule has 0 aliphatic carbocycles. The van der Waals surface area contributed by atoms with Gasteiger partial charge < -0.3 is 9.80 Å². The highest BCUT2D eigenvalue weighted by Gasteiger charge is 2.33. The first kappa shape index (κ1) is 18.3. The average Bonchev–Trinajstić information content (AvgIpc) is 3.19. The number of carbonyl (C=O) groups excluding carboxylic acids is 1. The zero-order valence-electron chi connectivity index (χ0n) is 15.3. The van der Waals surface area contributed by atoms with Crippen molar-refractivity contribution in [2.45, 2.75) is 5.37 Å². The second kappa shape index (κ2) is 8.31. The lowest BCUT2D eigenvalue weighted by atomic mass is 10.2. The van der Waals surface area contributed by atoms with Gasteiger partial charge in [0.15, 0.2) is 0 Å². The van der Waals surface area contributed by atoms with E-state index in [2.05, 4.69) is 34.1 Å². The number of piperazine rings is 1. The number of carbonyl (C=O) groups is 1. The molecule has 0 radical (unpaired) electrons. The van der Waals surface area contributed by atoms with Crippen LogP contribution in [0.3, 0.4) is 0 Å². The third-order valence-corrected chi connectivity index (χ3v) is 6.48. The van der Waals surface area contributed by atoms with Crippen molar-refractivity contribution >= 4 is 23.4 Å². The van der Waals surface area contributed by atoms with E-state index in [-0.39, 0.29) is 17.1 Å². The van der Waals surface area contributed by atoms with Crippen LogP contribution in [0, 0.1) is 5.82 Å². The summed E-state index contributed by atoms with van der Waals surface area (Å²) in [5, 5.41) is -0.204. The Kier molecular flexibility index (Phi) is 5.64. The molecular weight excluding hydrogens is 361 g/mol. The lowest BCUT2D eigenvalue weighted by molar-refractivity contribution is -0.132. The first-order chi connectivity index (χ1) is 13.2. The largest absolute Gasteiger partial charge is 0.369 e. The van der Waals surface area contributed by atoms with Gasteiger partial charge in [-0.25, -0.2) is 4.39 Å². The fourth-order valence-electron chi connectivity index (χ4n) is 3.74. The number of thioether (sulfide) groups is 1. The van der Waals surface area contributed by atoms with Gasteiger partial charge in [-0.15, -0.1) is 11.8 Å². The zero-order valence-corrected chi connectivity index (χ0v) is 16.1. The van der Waals surface area contributed by atoms with E-state index in [1.165, 1.54) is 11.8 Å². The Hall–Kier alpha value is -2.05. The summed E-state index contributed by atoms with van der Waals surface area (Å²) in [7, 11) is 0. The van der Waals surface area contributed by atoms with E-state index in [0.717, 1.165) is 31.9 Å². The third kappa shape index (κ3) is 4.12. The van der Waals surface area contributed by atoms with E-state index in [1.54, 1.807) is 23.9 Å². The molecular formula is C21H24FN3OS. The van der Waals surface area contributed by atoms with Crippen LogP contribution < -0.4 is 4.90 Å². The van der Waals surface area contributed by atoms with Gasteiger partial charge in [0.2, 0.25) is 5.91 Å². The summed E-state index contributed by atoms with van der Waals surface area (Å²) in [4.78, 5) is 19.3. The van der Waals surface area contributed by atoms with Crippen LogP contribution in [0.2, 0.25) is 0 Å². The van der Waals surface area contributed by atoms with Gasteiger partial charge in [-0.05, 0) is 18.2 Å². The minimum atomic E-state index is -0.230. The van der Waals surface area contributed by atoms with Gasteiger partial charge in [-0.3, -0.25) is 9.69 Å². The van der Waals surface area contributed by atoms with E-state index < -0.39 is 0 Å². The van der Waals surface area contributed by atoms with Crippen LogP contribution in [0.15, 0.2) is 54.6 Å². The summed E-state index contributed by atoms with van der Waals surface area (Å²) in [5.74, 6) is 0.722. The van der Waals surface area contributed by atoms with Crippen molar-refractivity contribution in [1.82, 2.24) is 9.80 Å². The molecule has 27 heavy (non-hydrogen) atoms. The van der Waals surface area contributed by atoms with Crippen molar-refractivity contribution < 1.29 is 9.18 Å². The number of benzene rings is 2. The topological polar surface area (TPSA) is 26.8 Å². The molecule has 4 rings (SSSR count). The molecule has 0 spiro atoms. The fourth-order valence-corrected chi connectivity index (χ4v) is 5.04. The second-order valence-corrected chi connectivity index (χ2v) is 8.12. The molecule has 4 nitrogen and oxygen atoms in total. The predicted molar refractivity (Wildman–Crippen MR) is 108 cm³/mol. The van der Waals surface area contributed by atoms with Crippen LogP contribution in [0.4, 0.5) is 10.1 Å². The molecule has 142 valence electrons. The summed E-state index contributed by atoms with van der Waals surface area (Å²) < 4.78 is 14.2. The molecule has 0 N–H and O–H groups in total. The molecule has 0 aromatic heterocycles. The third-order valence-electron chi connectivity index (χ3n) is 5.24. The Bertz CT molecular complexity index is 780. The maximum Gasteiger partial charge on any atom is 0.237 e. The van der Waals surface area contributed by atoms with Crippen molar-refractivity contribution in [3.63, 3.8) is 0 Å². The molecule has 2 aromatic rings. The first-order valence-electron chi connectivity index (χ1n) is 9.40. The van der Waals surface area contributed by atoms with E-state index >= 15 is 0 Å². The van der Waals surface area contributed by atoms with Crippen molar-refractivity contribution in [3.8, 4) is 0 Å². The number of rotatable bonds is 4. The van der Waals surface area contributed by atoms with Crippen LogP contribution in [-0.4, -0.2) is 60.7 Å². The summed E-state index contributed by atoms with van der Waals surface area (Å²) >= 11 is 1.64. The average molecular weight is 386 g/mol. The van der Waals surface area contributed by atoms with Gasteiger partial charge >= 0.3 is 0 Å². The van der Waals surface area contributed by atoms with E-state index in [9.17, 15) is 9.18 Å². The molecule has 2 aromatic carbocycles. The Labute approximate surface area is 163 Å². The van der Waals surface area contributed by atoms with Crippen LogP contribution in [0.1, 0.15) is 10.9 Å². The molecule has 0 unspecified atom stereocenters. The van der Waals surface area contributed by atoms with Crippen molar-refractivity contribution in [2.75, 3.05) is 49.9 Å². The highest BCUT2D eigenvalue weighted by Crippen LogP contribution is 2.39. The van der Waals surface area contributed by atoms with E-state index in [0.29, 0.717) is 18.7 Å². The maximum absolute atomic E-state index is 14.2. The standard InChI is InChI=1S/C21H24FN3OS/c22-19-9-5-4-8-18(19)21-25(14-15-27-21)20(26)16-23-10-12-24(13-11-23)17-6-2-1-3-7-17/h1-9,21H,10-16H2/t21-/m0/s1. The summed E-state index contributed by atoms with van der Waals surface area (Å²) in [6.45, 7) is 4.67. The van der Waals surface area contributed by atoms with Gasteiger partial charge in [0.25, 0.3) is 0 Å². The first-order valence-corrected chi connectivity index (χ1v) is 10.4. The minimum Gasteiger partial charge on any atom is -0.369 e. The molecule has 0 saturated carbocycles. The van der Waals surface area contributed by atoms with Gasteiger partial charge in [0.05, 0.1) is 6.54 Å². The molecule has 2 saturated heterocycles. The smallest absolute Gasteiger partial charge is 0.237 e. The number of amides is 1. The van der Waals surface area contributed by atoms with E-state index in [4.69, 9.17) is 0 Å². The zero-order chi connectivity index (χ0) is 18.6. The minimum absolute atomic E-state index is 0.0985. The maximum atomic E-state index is 14.2. The molecule has 1 atom stereocenters. The highest BCUT2D eigenvalue weighted by molar-refractivity contribution is 7.99. The number of para-hydroxylation sites is 1. The van der Waals surface area contributed by atoms with E-state index in [1.807, 2.05) is 17.0 Å². The van der Waals surface area contributed by atoms with Gasteiger partial charge in [-0.2, -0.15) is 0 Å². The van der Waals surface area contributed by atoms with Crippen molar-refractivity contribution in [1.29, 1.82) is 0 Å². The lowest BCUT2D eigenvalue weighted by Gasteiger charge is -2.36. The molecule has 2 aliphatic heterocycles. The molecule has 6 heteroatoms. The number of nitrogens with zero attached hydrogens (tertiary/aromatic N) is 3. The summed E-state index contributed by atoms with van der Waals surface area (Å²) in [5.41, 5.74) is 1.85. The molecule has 0 bridgehead atoms. The summed E-state index contributed by atoms with van der Waals surface area (Å²) in [6.07, 6.45) is 0. The predicted octanol–water partition coefficient (Wildman–Crippen LogP) is 3.22. The van der Waals surface area contributed by atoms with Gasteiger partial charge in [0.1, 0.15) is 11.2 Å². The van der Waals surface area contributed by atoms with Gasteiger partial charge in [0, 0.05) is 49.7 Å². The van der Waals surface area contributed by atoms with Gasteiger partial charge in [-0.1, -0.05) is 36.4 Å². The van der Waals surface area contributed by atoms with Crippen molar-refractivity contribution in [3.05, 3.63) is 66.0 Å². The SMILES string of the molecule is O=C(CN1CCN(c2ccccc2)CC1)N1CCS[C@H]1c1ccccc1F. The fraction of sp³-hybridized carbons (Fsp3) is 0.381. The van der Waals surface area contributed by atoms with Crippen LogP contribution in [0.5, 0.6) is 0 Å². The molecule has 2 aliphatic rings. The quantitative estimate of drug-likeness (QED) is 0.808. The number of hydrogen-bond donors (Lipinski definition) is 0. The second-order valence-electron chi connectivity index (χ2n) is 6.93. The Morgan fingerprint density at radius 2 is 1.67 bits per heavy atom. The van der Waals surface area contributed by atoms with Crippen LogP contribution >= 0.6 is 11.8 Å². The Balaban J connectivity index is 1.35. The molecule has 2 fully saturated rings. The molecule has 1 amide bonds. The number of hydrogen-bond acceptors (Lipinski definition) is 4. The Morgan fingerprint density at radius 1 is 0.963 bits per heavy atom. The molecule has 2 heterocycles. The summed E-state index contributed by atoms with van der Waals surface area (Å²) in [6, 6.07) is 17.2. The normalized spacial score (nSPS) is 20.9. The lowest BCUT2D eigenvalue weighted by Crippen LogP contribution is -2.50.